The Hall–Kier alpha value is -1.46. The molecule has 5 heteroatoms. The van der Waals surface area contributed by atoms with Crippen LogP contribution < -0.4 is 0 Å². The second-order valence-corrected chi connectivity index (χ2v) is 7.60. The summed E-state index contributed by atoms with van der Waals surface area (Å²) < 4.78 is 6.03. The minimum absolute atomic E-state index is 0.0691. The van der Waals surface area contributed by atoms with Gasteiger partial charge in [0.15, 0.2) is 0 Å². The molecule has 23 heavy (non-hydrogen) atoms. The van der Waals surface area contributed by atoms with Crippen molar-refractivity contribution in [2.75, 3.05) is 6.61 Å². The van der Waals surface area contributed by atoms with Gasteiger partial charge in [-0.2, -0.15) is 0 Å². The minimum atomic E-state index is -0.888. The van der Waals surface area contributed by atoms with Gasteiger partial charge in [0.1, 0.15) is 12.7 Å². The first kappa shape index (κ1) is 17.9. The van der Waals surface area contributed by atoms with E-state index in [1.807, 2.05) is 32.0 Å². The zero-order valence-electron chi connectivity index (χ0n) is 14.1. The summed E-state index contributed by atoms with van der Waals surface area (Å²) in [6.07, 6.45) is -0.888. The highest BCUT2D eigenvalue weighted by molar-refractivity contribution is 9.10. The van der Waals surface area contributed by atoms with E-state index in [1.54, 1.807) is 20.8 Å². The predicted molar refractivity (Wildman–Crippen MR) is 94.3 cm³/mol. The molecule has 0 aliphatic heterocycles. The summed E-state index contributed by atoms with van der Waals surface area (Å²) in [6.45, 7) is 9.14. The van der Waals surface area contributed by atoms with Crippen LogP contribution >= 0.6 is 15.9 Å². The average Bonchev–Trinajstić information content (AvgIpc) is 2.43. The summed E-state index contributed by atoms with van der Waals surface area (Å²) in [5.41, 5.74) is 2.86. The molecule has 0 saturated heterocycles. The monoisotopic (exact) mass is 379 g/mol. The van der Waals surface area contributed by atoms with E-state index in [2.05, 4.69) is 20.9 Å². The Balaban J connectivity index is 2.32. The summed E-state index contributed by atoms with van der Waals surface area (Å²) in [7, 11) is 0. The van der Waals surface area contributed by atoms with Crippen LogP contribution in [0.1, 0.15) is 43.7 Å². The normalized spacial score (nSPS) is 13.2. The number of ether oxygens (including phenoxy) is 1. The van der Waals surface area contributed by atoms with Crippen LogP contribution in [-0.4, -0.2) is 22.7 Å². The van der Waals surface area contributed by atoms with Gasteiger partial charge in [-0.15, -0.1) is 0 Å². The van der Waals surface area contributed by atoms with Crippen molar-refractivity contribution >= 4 is 32.8 Å². The lowest BCUT2D eigenvalue weighted by Crippen LogP contribution is -2.25. The lowest BCUT2D eigenvalue weighted by atomic mass is 9.97. The molecule has 0 fully saturated rings. The van der Waals surface area contributed by atoms with Crippen LogP contribution in [0.15, 0.2) is 22.7 Å². The standard InChI is InChI=1S/C18H22BrNO3/c1-10-8-13-12(7-6-11(2)20-13)16(19)15(10)14(21)9-23-17(22)18(3,4)5/h6-8,14,21H,9H2,1-5H3. The number of benzene rings is 1. The van der Waals surface area contributed by atoms with Crippen molar-refractivity contribution in [3.63, 3.8) is 0 Å². The predicted octanol–water partition coefficient (Wildman–Crippen LogP) is 4.24. The largest absolute Gasteiger partial charge is 0.462 e. The van der Waals surface area contributed by atoms with Crippen LogP contribution in [0, 0.1) is 19.3 Å². The number of aliphatic hydroxyl groups is 1. The molecule has 0 aliphatic carbocycles. The van der Waals surface area contributed by atoms with Crippen molar-refractivity contribution in [2.24, 2.45) is 5.41 Å². The van der Waals surface area contributed by atoms with Gasteiger partial charge in [0, 0.05) is 21.1 Å². The highest BCUT2D eigenvalue weighted by atomic mass is 79.9. The fourth-order valence-electron chi connectivity index (χ4n) is 2.34. The summed E-state index contributed by atoms with van der Waals surface area (Å²) in [5, 5.41) is 11.4. The molecule has 0 aliphatic rings. The molecule has 2 rings (SSSR count). The third kappa shape index (κ3) is 3.90. The van der Waals surface area contributed by atoms with E-state index in [1.165, 1.54) is 0 Å². The Morgan fingerprint density at radius 1 is 1.35 bits per heavy atom. The molecule has 1 aromatic carbocycles. The zero-order chi connectivity index (χ0) is 17.4. The van der Waals surface area contributed by atoms with Crippen molar-refractivity contribution in [1.29, 1.82) is 0 Å². The number of aromatic nitrogens is 1. The number of nitrogens with zero attached hydrogens (tertiary/aromatic N) is 1. The molecule has 1 aromatic heterocycles. The van der Waals surface area contributed by atoms with Gasteiger partial charge >= 0.3 is 5.97 Å². The summed E-state index contributed by atoms with van der Waals surface area (Å²) >= 11 is 3.56. The van der Waals surface area contributed by atoms with Crippen LogP contribution in [0.3, 0.4) is 0 Å². The first-order chi connectivity index (χ1) is 10.6. The van der Waals surface area contributed by atoms with Gasteiger partial charge in [0.2, 0.25) is 0 Å². The molecule has 4 nitrogen and oxygen atoms in total. The Labute approximate surface area is 145 Å². The smallest absolute Gasteiger partial charge is 0.311 e. The molecule has 0 bridgehead atoms. The number of hydrogen-bond donors (Lipinski definition) is 1. The van der Waals surface area contributed by atoms with E-state index < -0.39 is 11.5 Å². The zero-order valence-corrected chi connectivity index (χ0v) is 15.7. The molecule has 1 atom stereocenters. The number of pyridine rings is 1. The van der Waals surface area contributed by atoms with Gasteiger partial charge in [0.25, 0.3) is 0 Å². The fraction of sp³-hybridized carbons (Fsp3) is 0.444. The molecule has 1 N–H and O–H groups in total. The fourth-order valence-corrected chi connectivity index (χ4v) is 3.25. The van der Waals surface area contributed by atoms with E-state index in [9.17, 15) is 9.90 Å². The molecular weight excluding hydrogens is 358 g/mol. The van der Waals surface area contributed by atoms with Gasteiger partial charge in [-0.1, -0.05) is 0 Å². The van der Waals surface area contributed by atoms with E-state index in [4.69, 9.17) is 4.74 Å². The Bertz CT molecular complexity index is 750. The molecule has 1 unspecified atom stereocenters. The summed E-state index contributed by atoms with van der Waals surface area (Å²) in [6, 6.07) is 5.84. The number of carbonyl (C=O) groups is 1. The molecule has 0 amide bonds. The molecule has 1 heterocycles. The van der Waals surface area contributed by atoms with E-state index >= 15 is 0 Å². The maximum absolute atomic E-state index is 11.9. The molecular formula is C18H22BrNO3. The molecule has 124 valence electrons. The number of aliphatic hydroxyl groups excluding tert-OH is 1. The quantitative estimate of drug-likeness (QED) is 0.810. The molecule has 0 saturated carbocycles. The third-order valence-electron chi connectivity index (χ3n) is 3.63. The number of fused-ring (bicyclic) bond motifs is 1. The van der Waals surface area contributed by atoms with Crippen LogP contribution in [0.5, 0.6) is 0 Å². The van der Waals surface area contributed by atoms with Crippen molar-refractivity contribution in [2.45, 2.75) is 40.7 Å². The average molecular weight is 380 g/mol. The first-order valence-electron chi connectivity index (χ1n) is 7.53. The summed E-state index contributed by atoms with van der Waals surface area (Å²) in [4.78, 5) is 16.4. The number of carbonyl (C=O) groups excluding carboxylic acids is 1. The number of rotatable bonds is 3. The lowest BCUT2D eigenvalue weighted by Gasteiger charge is -2.21. The maximum atomic E-state index is 11.9. The van der Waals surface area contributed by atoms with Crippen molar-refractivity contribution in [3.05, 3.63) is 39.5 Å². The Morgan fingerprint density at radius 3 is 2.61 bits per heavy atom. The molecule has 0 spiro atoms. The lowest BCUT2D eigenvalue weighted by molar-refractivity contribution is -0.156. The van der Waals surface area contributed by atoms with Crippen LogP contribution in [0.25, 0.3) is 10.9 Å². The second-order valence-electron chi connectivity index (χ2n) is 6.80. The minimum Gasteiger partial charge on any atom is -0.462 e. The Kier molecular flexibility index (Phi) is 5.11. The molecule has 0 radical (unpaired) electrons. The van der Waals surface area contributed by atoms with Crippen LogP contribution in [0.4, 0.5) is 0 Å². The van der Waals surface area contributed by atoms with Crippen LogP contribution in [0.2, 0.25) is 0 Å². The van der Waals surface area contributed by atoms with Gasteiger partial charge in [-0.05, 0) is 74.3 Å². The van der Waals surface area contributed by atoms with E-state index in [0.29, 0.717) is 0 Å². The Morgan fingerprint density at radius 2 is 2.00 bits per heavy atom. The number of hydrogen-bond acceptors (Lipinski definition) is 4. The summed E-state index contributed by atoms with van der Waals surface area (Å²) in [5.74, 6) is -0.330. The van der Waals surface area contributed by atoms with E-state index in [0.717, 1.165) is 32.2 Å². The van der Waals surface area contributed by atoms with Crippen molar-refractivity contribution in [1.82, 2.24) is 4.98 Å². The second kappa shape index (κ2) is 6.57. The highest BCUT2D eigenvalue weighted by Crippen LogP contribution is 2.34. The van der Waals surface area contributed by atoms with Gasteiger partial charge < -0.3 is 9.84 Å². The van der Waals surface area contributed by atoms with E-state index in [-0.39, 0.29) is 12.6 Å². The third-order valence-corrected chi connectivity index (χ3v) is 4.49. The van der Waals surface area contributed by atoms with Crippen LogP contribution in [-0.2, 0) is 9.53 Å². The molecule has 2 aromatic rings. The van der Waals surface area contributed by atoms with Gasteiger partial charge in [0.05, 0.1) is 10.9 Å². The number of esters is 1. The highest BCUT2D eigenvalue weighted by Gasteiger charge is 2.25. The van der Waals surface area contributed by atoms with Gasteiger partial charge in [-0.25, -0.2) is 0 Å². The van der Waals surface area contributed by atoms with Crippen molar-refractivity contribution < 1.29 is 14.6 Å². The maximum Gasteiger partial charge on any atom is 0.311 e. The van der Waals surface area contributed by atoms with Crippen molar-refractivity contribution in [3.8, 4) is 0 Å². The number of halogens is 1. The van der Waals surface area contributed by atoms with Gasteiger partial charge in [-0.3, -0.25) is 9.78 Å². The number of aryl methyl sites for hydroxylation is 2. The SMILES string of the molecule is Cc1ccc2c(Br)c(C(O)COC(=O)C(C)(C)C)c(C)cc2n1. The topological polar surface area (TPSA) is 59.4 Å². The first-order valence-corrected chi connectivity index (χ1v) is 8.32.